The van der Waals surface area contributed by atoms with Crippen molar-refractivity contribution >= 4 is 20.3 Å². The Morgan fingerprint density at radius 1 is 0.761 bits per heavy atom. The third kappa shape index (κ3) is 30.3. The van der Waals surface area contributed by atoms with Crippen molar-refractivity contribution in [1.29, 1.82) is 0 Å². The number of benzene rings is 2. The van der Waals surface area contributed by atoms with Gasteiger partial charge in [-0.1, -0.05) is 152 Å². The van der Waals surface area contributed by atoms with Crippen LogP contribution in [0.15, 0.2) is 71.8 Å². The van der Waals surface area contributed by atoms with Gasteiger partial charge in [0.25, 0.3) is 0 Å². The maximum absolute atomic E-state index is 13.7. The topological polar surface area (TPSA) is 235 Å². The summed E-state index contributed by atoms with van der Waals surface area (Å²) < 4.78 is 72.6. The summed E-state index contributed by atoms with van der Waals surface area (Å²) in [5, 5.41) is 44.5. The van der Waals surface area contributed by atoms with Gasteiger partial charge in [0, 0.05) is 71.6 Å². The minimum absolute atomic E-state index is 0. The molecule has 0 unspecified atom stereocenters. The van der Waals surface area contributed by atoms with Crippen molar-refractivity contribution < 1.29 is 91.3 Å². The van der Waals surface area contributed by atoms with Crippen LogP contribution in [0.5, 0.6) is 0 Å². The highest BCUT2D eigenvalue weighted by molar-refractivity contribution is 6.74. The SMILES string of the molecule is C.C.CCC(/C=C(/C)[C@@H]1C[C@@H](C)C[C@H](O)C(C)(C)c2cccc(c2)C[C@@H](OCOC)[C@H](OCOC)C(=O)O1)CC.CC[C@H](/C=C(/C)[C@@H](O)C[C@H](C[C@H](O)C(C)(C)c1cccc(C[C@@H](OCOC)[C@H](OCOC)C(=O)O)c1)O[Si](C)(C)C(C)(C)C)COCOCCOC. The van der Waals surface area contributed by atoms with E-state index in [-0.39, 0.29) is 72.1 Å². The van der Waals surface area contributed by atoms with Gasteiger partial charge in [-0.2, -0.15) is 0 Å². The number of aliphatic carboxylic acids is 1. The molecule has 0 radical (unpaired) electrons. The highest BCUT2D eigenvalue weighted by atomic mass is 28.4. The minimum atomic E-state index is -2.29. The van der Waals surface area contributed by atoms with E-state index in [1.807, 2.05) is 70.2 Å². The smallest absolute Gasteiger partial charge is 0.338 e. The highest BCUT2D eigenvalue weighted by Crippen LogP contribution is 2.40. The fourth-order valence-corrected chi connectivity index (χ4v) is 11.9. The Balaban J connectivity index is 0.00000184. The van der Waals surface area contributed by atoms with Gasteiger partial charge in [-0.05, 0) is 116 Å². The summed E-state index contributed by atoms with van der Waals surface area (Å²) >= 11 is 0. The predicted molar refractivity (Wildman–Crippen MR) is 366 cm³/mol. The molecule has 0 saturated carbocycles. The monoisotopic (exact) mass is 1320 g/mol. The second-order valence-corrected chi connectivity index (χ2v) is 31.5. The van der Waals surface area contributed by atoms with Crippen molar-refractivity contribution in [3.8, 4) is 0 Å². The van der Waals surface area contributed by atoms with Crippen LogP contribution in [0.1, 0.15) is 172 Å². The van der Waals surface area contributed by atoms with E-state index in [2.05, 4.69) is 93.6 Å². The summed E-state index contributed by atoms with van der Waals surface area (Å²) in [5.74, 6) is -1.05. The molecule has 0 fully saturated rings. The molecule has 19 nitrogen and oxygen atoms in total. The molecule has 3 rings (SSSR count). The van der Waals surface area contributed by atoms with Gasteiger partial charge in [0.1, 0.15) is 52.3 Å². The number of rotatable bonds is 38. The molecule has 534 valence electrons. The Hall–Kier alpha value is -3.52. The fourth-order valence-electron chi connectivity index (χ4n) is 10.5. The standard InChI is InChI=1S/C39H70O12Si.C31H50O7.2CH4/c1-13-29(24-48-27-47-18-17-44-8)19-28(2)33(40)22-32(51-52(11,12)38(3,4)5)23-35(41)39(6,7)31-16-14-15-30(20-31)21-34(49-25-45-9)36(37(42)43)50-26-46-10;1-9-23(10-2)16-22(4)26-14-21(3)15-28(32)31(5,6)25-13-11-12-24(17-25)18-27(36-19-34-7)29(30(33)38-26)37-20-35-8;;/h14-16,19-20,29,32-36,40-41H,13,17-18,21-27H2,1-12H3,(H,42,43);11-13,16-17,21,23,26-29,32H,9-10,14-15,18-20H2,1-8H3;2*1H4/b28-19-;22-16-;;/t29-,32-,33+,34-,35+,36+;21-,26+,27-,28+,29+;;/m11../s1. The molecule has 2 aromatic carbocycles. The summed E-state index contributed by atoms with van der Waals surface area (Å²) in [6.45, 7) is 32.7. The number of carbonyl (C=O) groups is 2. The van der Waals surface area contributed by atoms with E-state index in [0.29, 0.717) is 57.8 Å². The molecule has 0 saturated heterocycles. The predicted octanol–water partition coefficient (Wildman–Crippen LogP) is 12.9. The van der Waals surface area contributed by atoms with E-state index in [4.69, 9.17) is 61.3 Å². The van der Waals surface area contributed by atoms with Gasteiger partial charge in [0.15, 0.2) is 20.5 Å². The van der Waals surface area contributed by atoms with Crippen molar-refractivity contribution in [1.82, 2.24) is 0 Å². The first-order valence-corrected chi connectivity index (χ1v) is 35.1. The molecule has 4 N–H and O–H groups in total. The van der Waals surface area contributed by atoms with E-state index in [0.717, 1.165) is 52.7 Å². The van der Waals surface area contributed by atoms with Crippen LogP contribution in [0.2, 0.25) is 18.1 Å². The fraction of sp³-hybridized carbons (Fsp3) is 0.750. The van der Waals surface area contributed by atoms with Crippen molar-refractivity contribution in [3.05, 3.63) is 94.1 Å². The van der Waals surface area contributed by atoms with Crippen LogP contribution in [0.3, 0.4) is 0 Å². The van der Waals surface area contributed by atoms with Crippen LogP contribution in [0.4, 0.5) is 0 Å². The van der Waals surface area contributed by atoms with Gasteiger partial charge in [-0.15, -0.1) is 0 Å². The molecular weight excluding hydrogens is 1200 g/mol. The quantitative estimate of drug-likeness (QED) is 0.0161. The van der Waals surface area contributed by atoms with Crippen LogP contribution in [0, 0.1) is 17.8 Å². The lowest BCUT2D eigenvalue weighted by molar-refractivity contribution is -0.192. The number of hydrogen-bond donors (Lipinski definition) is 4. The normalized spacial score (nSPS) is 20.7. The number of ether oxygens (including phenoxy) is 12. The number of aliphatic hydroxyl groups is 3. The number of esters is 1. The van der Waals surface area contributed by atoms with Gasteiger partial charge >= 0.3 is 11.9 Å². The van der Waals surface area contributed by atoms with E-state index in [9.17, 15) is 30.0 Å². The molecule has 92 heavy (non-hydrogen) atoms. The van der Waals surface area contributed by atoms with Crippen LogP contribution in [0.25, 0.3) is 0 Å². The number of carbonyl (C=O) groups excluding carboxylic acids is 1. The molecule has 1 aliphatic heterocycles. The van der Waals surface area contributed by atoms with Crippen molar-refractivity contribution in [3.63, 3.8) is 0 Å². The van der Waals surface area contributed by atoms with Crippen molar-refractivity contribution in [2.45, 2.75) is 247 Å². The van der Waals surface area contributed by atoms with Gasteiger partial charge in [0.05, 0.1) is 44.2 Å². The molecule has 0 aliphatic carbocycles. The van der Waals surface area contributed by atoms with Crippen molar-refractivity contribution in [2.75, 3.05) is 89.3 Å². The molecule has 0 spiro atoms. The summed E-state index contributed by atoms with van der Waals surface area (Å²) in [5.41, 5.74) is 4.35. The highest BCUT2D eigenvalue weighted by Gasteiger charge is 2.42. The number of fused-ring (bicyclic) bond motifs is 2. The Morgan fingerprint density at radius 2 is 1.37 bits per heavy atom. The van der Waals surface area contributed by atoms with Crippen molar-refractivity contribution in [2.24, 2.45) is 17.8 Å². The molecule has 1 heterocycles. The summed E-state index contributed by atoms with van der Waals surface area (Å²) in [6.07, 6.45) is 2.78. The number of allylic oxidation sites excluding steroid dienone is 1. The van der Waals surface area contributed by atoms with E-state index in [1.165, 1.54) is 21.3 Å². The molecular formula is C72H128O19Si. The second kappa shape index (κ2) is 45.1. The van der Waals surface area contributed by atoms with Crippen LogP contribution in [-0.4, -0.2) is 185 Å². The molecule has 20 heteroatoms. The zero-order valence-electron chi connectivity index (χ0n) is 58.6. The Kier molecular flexibility index (Phi) is 43.3. The Morgan fingerprint density at radius 3 is 1.96 bits per heavy atom. The number of cyclic esters (lactones) is 1. The van der Waals surface area contributed by atoms with Crippen LogP contribution in [-0.2, 0) is 94.5 Å². The van der Waals surface area contributed by atoms with E-state index in [1.54, 1.807) is 14.2 Å². The van der Waals surface area contributed by atoms with Crippen LogP contribution < -0.4 is 0 Å². The Labute approximate surface area is 556 Å². The third-order valence-corrected chi connectivity index (χ3v) is 22.4. The van der Waals surface area contributed by atoms with Gasteiger partial charge in [0.2, 0.25) is 0 Å². The lowest BCUT2D eigenvalue weighted by Gasteiger charge is -2.42. The largest absolute Gasteiger partial charge is 0.479 e. The summed E-state index contributed by atoms with van der Waals surface area (Å²) in [6, 6.07) is 15.8. The lowest BCUT2D eigenvalue weighted by atomic mass is 9.75. The van der Waals surface area contributed by atoms with Gasteiger partial charge in [-0.25, -0.2) is 9.59 Å². The summed E-state index contributed by atoms with van der Waals surface area (Å²) in [4.78, 5) is 25.8. The van der Waals surface area contributed by atoms with Gasteiger partial charge in [-0.3, -0.25) is 0 Å². The van der Waals surface area contributed by atoms with E-state index >= 15 is 0 Å². The van der Waals surface area contributed by atoms with E-state index < -0.39 is 86.0 Å². The summed E-state index contributed by atoms with van der Waals surface area (Å²) in [7, 11) is 5.28. The zero-order valence-corrected chi connectivity index (χ0v) is 59.6. The van der Waals surface area contributed by atoms with Gasteiger partial charge < -0.3 is 81.7 Å². The maximum atomic E-state index is 13.7. The maximum Gasteiger partial charge on any atom is 0.338 e. The second-order valence-electron chi connectivity index (χ2n) is 26.8. The average molecular weight is 1330 g/mol. The molecule has 0 aromatic heterocycles. The first kappa shape index (κ1) is 88.5. The number of carboxylic acids is 1. The zero-order chi connectivity index (χ0) is 67.8. The molecule has 2 bridgehead atoms. The molecule has 0 amide bonds. The molecule has 11 atom stereocenters. The Bertz CT molecular complexity index is 2370. The third-order valence-electron chi connectivity index (χ3n) is 17.8. The average Bonchev–Trinajstić information content (AvgIpc) is 0.856. The first-order valence-electron chi connectivity index (χ1n) is 32.2. The first-order chi connectivity index (χ1) is 42.4. The van der Waals surface area contributed by atoms with Crippen LogP contribution >= 0.6 is 0 Å². The minimum Gasteiger partial charge on any atom is -0.479 e. The molecule has 2 aromatic rings. The number of aliphatic hydroxyl groups excluding tert-OH is 3. The number of carboxylic acid groups (broad SMARTS) is 1. The molecule has 1 aliphatic rings. The lowest BCUT2D eigenvalue weighted by Crippen LogP contribution is -2.47. The number of hydrogen-bond acceptors (Lipinski definition) is 18. The number of methoxy groups -OCH3 is 5.